The van der Waals surface area contributed by atoms with Gasteiger partial charge < -0.3 is 0 Å². The fourth-order valence-corrected chi connectivity index (χ4v) is 5.22. The summed E-state index contributed by atoms with van der Waals surface area (Å²) in [4.78, 5) is 9.07. The van der Waals surface area contributed by atoms with Gasteiger partial charge in [-0.25, -0.2) is 9.97 Å². The Morgan fingerprint density at radius 3 is 2.68 bits per heavy atom. The van der Waals surface area contributed by atoms with Crippen molar-refractivity contribution in [1.29, 1.82) is 0 Å². The molecule has 0 bridgehead atoms. The molecule has 1 aromatic rings. The van der Waals surface area contributed by atoms with E-state index in [1.807, 2.05) is 0 Å². The van der Waals surface area contributed by atoms with Crippen LogP contribution >= 0.6 is 0 Å². The Balaban J connectivity index is 2.29. The molecule has 1 aromatic heterocycles. The van der Waals surface area contributed by atoms with E-state index >= 15 is 0 Å². The number of fused-ring (bicyclic) bond motifs is 3. The summed E-state index contributed by atoms with van der Waals surface area (Å²) in [6, 6.07) is 0. The summed E-state index contributed by atoms with van der Waals surface area (Å²) < 4.78 is 0. The molecule has 0 aromatic carbocycles. The molecule has 4 unspecified atom stereocenters. The van der Waals surface area contributed by atoms with Crippen LogP contribution < -0.4 is 0 Å². The largest absolute Gasteiger partial charge is 0.245 e. The molecule has 1 fully saturated rings. The van der Waals surface area contributed by atoms with E-state index in [0.29, 0.717) is 11.3 Å². The van der Waals surface area contributed by atoms with Crippen molar-refractivity contribution < 1.29 is 0 Å². The summed E-state index contributed by atoms with van der Waals surface area (Å²) in [5.41, 5.74) is 3.40. The van der Waals surface area contributed by atoms with Gasteiger partial charge in [0.05, 0.1) is 5.69 Å². The Labute approximate surface area is 117 Å². The van der Waals surface area contributed by atoms with Gasteiger partial charge in [-0.05, 0) is 48.0 Å². The van der Waals surface area contributed by atoms with Crippen molar-refractivity contribution in [2.24, 2.45) is 17.3 Å². The summed E-state index contributed by atoms with van der Waals surface area (Å²) in [5.74, 6) is 2.05. The van der Waals surface area contributed by atoms with Crippen molar-refractivity contribution in [2.75, 3.05) is 0 Å². The lowest BCUT2D eigenvalue weighted by atomic mass is 9.51. The normalized spacial score (nSPS) is 39.7. The minimum absolute atomic E-state index is 0.286. The maximum Gasteiger partial charge on any atom is 0.115 e. The van der Waals surface area contributed by atoms with Gasteiger partial charge in [-0.15, -0.1) is 0 Å². The summed E-state index contributed by atoms with van der Waals surface area (Å²) in [7, 11) is 0. The second-order valence-electron chi connectivity index (χ2n) is 7.29. The van der Waals surface area contributed by atoms with E-state index in [9.17, 15) is 0 Å². The molecule has 2 aliphatic carbocycles. The third-order valence-electron chi connectivity index (χ3n) is 6.64. The first-order valence-electron chi connectivity index (χ1n) is 7.76. The molecule has 4 atom stereocenters. The van der Waals surface area contributed by atoms with Crippen LogP contribution in [0.2, 0.25) is 0 Å². The highest BCUT2D eigenvalue weighted by molar-refractivity contribution is 5.38. The zero-order valence-electron chi connectivity index (χ0n) is 12.9. The Hall–Kier alpha value is -0.920. The highest BCUT2D eigenvalue weighted by Gasteiger charge is 2.59. The van der Waals surface area contributed by atoms with Gasteiger partial charge in [0.25, 0.3) is 0 Å². The lowest BCUT2D eigenvalue weighted by molar-refractivity contribution is 0.0625. The molecular weight excluding hydrogens is 232 g/mol. The van der Waals surface area contributed by atoms with Gasteiger partial charge in [0.15, 0.2) is 0 Å². The zero-order chi connectivity index (χ0) is 13.8. The average molecular weight is 258 g/mol. The molecule has 0 saturated heterocycles. The predicted octanol–water partition coefficient (Wildman–Crippen LogP) is 4.31. The molecule has 0 radical (unpaired) electrons. The Kier molecular flexibility index (Phi) is 2.78. The molecule has 3 rings (SSSR count). The van der Waals surface area contributed by atoms with E-state index < -0.39 is 0 Å². The lowest BCUT2D eigenvalue weighted by Crippen LogP contribution is -2.49. The zero-order valence-corrected chi connectivity index (χ0v) is 12.9. The fourth-order valence-electron chi connectivity index (χ4n) is 5.22. The van der Waals surface area contributed by atoms with Crippen molar-refractivity contribution in [1.82, 2.24) is 9.97 Å². The standard InChI is InChI=1S/C17H26N2/c1-6-17-11(2)7-8-14(17)16(4,5)12(3)13-9-18-10-19-15(13)17/h9-12,14H,6-8H2,1-5H3. The van der Waals surface area contributed by atoms with E-state index in [4.69, 9.17) is 4.98 Å². The topological polar surface area (TPSA) is 25.8 Å². The number of hydrogen-bond donors (Lipinski definition) is 0. The maximum atomic E-state index is 4.76. The van der Waals surface area contributed by atoms with Crippen LogP contribution in [0.5, 0.6) is 0 Å². The van der Waals surface area contributed by atoms with Crippen molar-refractivity contribution in [3.05, 3.63) is 23.8 Å². The monoisotopic (exact) mass is 258 g/mol. The van der Waals surface area contributed by atoms with Crippen LogP contribution in [0.15, 0.2) is 12.5 Å². The van der Waals surface area contributed by atoms with Gasteiger partial charge in [-0.2, -0.15) is 0 Å². The van der Waals surface area contributed by atoms with Gasteiger partial charge in [-0.3, -0.25) is 0 Å². The van der Waals surface area contributed by atoms with Crippen LogP contribution in [-0.4, -0.2) is 9.97 Å². The van der Waals surface area contributed by atoms with Crippen molar-refractivity contribution in [3.8, 4) is 0 Å². The quantitative estimate of drug-likeness (QED) is 0.750. The highest BCUT2D eigenvalue weighted by Crippen LogP contribution is 2.64. The van der Waals surface area contributed by atoms with Crippen LogP contribution in [0.1, 0.15) is 71.1 Å². The van der Waals surface area contributed by atoms with Crippen LogP contribution in [0, 0.1) is 17.3 Å². The van der Waals surface area contributed by atoms with E-state index in [2.05, 4.69) is 45.8 Å². The van der Waals surface area contributed by atoms with Crippen molar-refractivity contribution in [2.45, 2.75) is 65.2 Å². The summed E-state index contributed by atoms with van der Waals surface area (Å²) >= 11 is 0. The van der Waals surface area contributed by atoms with Crippen molar-refractivity contribution >= 4 is 0 Å². The predicted molar refractivity (Wildman–Crippen MR) is 78.1 cm³/mol. The molecule has 104 valence electrons. The number of rotatable bonds is 1. The molecule has 1 saturated carbocycles. The minimum Gasteiger partial charge on any atom is -0.245 e. The van der Waals surface area contributed by atoms with Gasteiger partial charge in [0.1, 0.15) is 6.33 Å². The molecular formula is C17H26N2. The molecule has 0 amide bonds. The lowest BCUT2D eigenvalue weighted by Gasteiger charge is -2.53. The van der Waals surface area contributed by atoms with E-state index in [1.54, 1.807) is 6.33 Å². The molecule has 0 spiro atoms. The molecule has 2 heteroatoms. The SMILES string of the molecule is CCC12c3ncncc3C(C)C(C)(C)C1CCC2C. The van der Waals surface area contributed by atoms with Gasteiger partial charge in [0.2, 0.25) is 0 Å². The van der Waals surface area contributed by atoms with Crippen molar-refractivity contribution in [3.63, 3.8) is 0 Å². The maximum absolute atomic E-state index is 4.76. The Morgan fingerprint density at radius 1 is 1.26 bits per heavy atom. The average Bonchev–Trinajstić information content (AvgIpc) is 2.75. The highest BCUT2D eigenvalue weighted by atomic mass is 14.9. The Morgan fingerprint density at radius 2 is 2.00 bits per heavy atom. The molecule has 0 N–H and O–H groups in total. The number of nitrogens with zero attached hydrogens (tertiary/aromatic N) is 2. The third kappa shape index (κ3) is 1.43. The summed E-state index contributed by atoms with van der Waals surface area (Å²) in [6.07, 6.45) is 7.74. The summed E-state index contributed by atoms with van der Waals surface area (Å²) in [6.45, 7) is 12.1. The van der Waals surface area contributed by atoms with Crippen LogP contribution in [0.3, 0.4) is 0 Å². The minimum atomic E-state index is 0.286. The molecule has 2 aliphatic rings. The smallest absolute Gasteiger partial charge is 0.115 e. The van der Waals surface area contributed by atoms with Gasteiger partial charge in [0, 0.05) is 11.6 Å². The first-order chi connectivity index (χ1) is 8.96. The van der Waals surface area contributed by atoms with Crippen LogP contribution in [-0.2, 0) is 5.41 Å². The molecule has 19 heavy (non-hydrogen) atoms. The van der Waals surface area contributed by atoms with E-state index in [0.717, 1.165) is 11.8 Å². The first-order valence-corrected chi connectivity index (χ1v) is 7.76. The first kappa shape index (κ1) is 13.1. The van der Waals surface area contributed by atoms with Gasteiger partial charge >= 0.3 is 0 Å². The van der Waals surface area contributed by atoms with Gasteiger partial charge in [-0.1, -0.05) is 34.6 Å². The van der Waals surface area contributed by atoms with Crippen LogP contribution in [0.25, 0.3) is 0 Å². The molecule has 2 nitrogen and oxygen atoms in total. The molecule has 0 aliphatic heterocycles. The number of hydrogen-bond acceptors (Lipinski definition) is 2. The fraction of sp³-hybridized carbons (Fsp3) is 0.765. The van der Waals surface area contributed by atoms with E-state index in [-0.39, 0.29) is 5.41 Å². The third-order valence-corrected chi connectivity index (χ3v) is 6.64. The number of aromatic nitrogens is 2. The molecule has 1 heterocycles. The van der Waals surface area contributed by atoms with E-state index in [1.165, 1.54) is 30.5 Å². The second-order valence-corrected chi connectivity index (χ2v) is 7.29. The van der Waals surface area contributed by atoms with Crippen LogP contribution in [0.4, 0.5) is 0 Å². The Bertz CT molecular complexity index is 494. The second kappa shape index (κ2) is 4.04. The summed E-state index contributed by atoms with van der Waals surface area (Å²) in [5, 5.41) is 0.